The van der Waals surface area contributed by atoms with Gasteiger partial charge >= 0.3 is 0 Å². The summed E-state index contributed by atoms with van der Waals surface area (Å²) in [6.07, 6.45) is 7.08. The predicted octanol–water partition coefficient (Wildman–Crippen LogP) is 2.22. The molecule has 0 radical (unpaired) electrons. The van der Waals surface area contributed by atoms with Crippen molar-refractivity contribution >= 4 is 16.7 Å². The first-order chi connectivity index (χ1) is 13.7. The van der Waals surface area contributed by atoms with Gasteiger partial charge in [-0.15, -0.1) is 0 Å². The van der Waals surface area contributed by atoms with E-state index in [1.54, 1.807) is 36.5 Å². The molecule has 8 nitrogen and oxygen atoms in total. The van der Waals surface area contributed by atoms with E-state index < -0.39 is 0 Å². The fourth-order valence-electron chi connectivity index (χ4n) is 3.39. The van der Waals surface area contributed by atoms with Crippen LogP contribution in [0.25, 0.3) is 11.3 Å². The van der Waals surface area contributed by atoms with Crippen molar-refractivity contribution in [2.24, 2.45) is 5.92 Å². The van der Waals surface area contributed by atoms with E-state index in [-0.39, 0.29) is 5.56 Å². The molecule has 9 heteroatoms. The van der Waals surface area contributed by atoms with E-state index in [1.165, 1.54) is 11.5 Å². The summed E-state index contributed by atoms with van der Waals surface area (Å²) in [6, 6.07) is 5.31. The summed E-state index contributed by atoms with van der Waals surface area (Å²) in [5.74, 6) is 1.19. The average molecular weight is 398 g/mol. The Balaban J connectivity index is 1.36. The third kappa shape index (κ3) is 4.26. The molecule has 0 N–H and O–H groups in total. The second-order valence-electron chi connectivity index (χ2n) is 6.86. The lowest BCUT2D eigenvalue weighted by Gasteiger charge is -2.31. The quantitative estimate of drug-likeness (QED) is 0.629. The van der Waals surface area contributed by atoms with Gasteiger partial charge in [-0.1, -0.05) is 0 Å². The number of nitrogens with zero attached hydrogens (tertiary/aromatic N) is 6. The second kappa shape index (κ2) is 8.57. The number of hydrogen-bond acceptors (Lipinski definition) is 8. The SMILES string of the molecule is COCc1nsc(N2CCC(Cn3cnc(-c4ccncc4)cc3=O)CC2)n1. The Morgan fingerprint density at radius 2 is 2.04 bits per heavy atom. The number of anilines is 1. The van der Waals surface area contributed by atoms with Gasteiger partial charge in [0, 0.05) is 62.3 Å². The molecule has 0 unspecified atom stereocenters. The standard InChI is InChI=1S/C19H22N6O2S/c1-27-12-17-22-19(28-23-17)24-8-4-14(5-9-24)11-25-13-21-16(10-18(25)26)15-2-6-20-7-3-15/h2-3,6-7,10,13-14H,4-5,8-9,11-12H2,1H3. The van der Waals surface area contributed by atoms with Crippen LogP contribution in [0.2, 0.25) is 0 Å². The second-order valence-corrected chi connectivity index (χ2v) is 7.59. The van der Waals surface area contributed by atoms with Crippen molar-refractivity contribution in [3.63, 3.8) is 0 Å². The maximum Gasteiger partial charge on any atom is 0.253 e. The Bertz CT molecular complexity index is 966. The Morgan fingerprint density at radius 1 is 1.25 bits per heavy atom. The van der Waals surface area contributed by atoms with Gasteiger partial charge in [0.05, 0.1) is 12.0 Å². The number of pyridine rings is 1. The van der Waals surface area contributed by atoms with Crippen LogP contribution in [0.15, 0.2) is 41.7 Å². The molecule has 28 heavy (non-hydrogen) atoms. The van der Waals surface area contributed by atoms with Crippen LogP contribution in [-0.4, -0.2) is 44.1 Å². The highest BCUT2D eigenvalue weighted by molar-refractivity contribution is 7.09. The van der Waals surface area contributed by atoms with Crippen LogP contribution in [0.1, 0.15) is 18.7 Å². The highest BCUT2D eigenvalue weighted by Crippen LogP contribution is 2.25. The summed E-state index contributed by atoms with van der Waals surface area (Å²) in [5, 5.41) is 0.950. The van der Waals surface area contributed by atoms with Crippen LogP contribution in [0.5, 0.6) is 0 Å². The maximum absolute atomic E-state index is 12.5. The molecule has 3 aromatic rings. The number of hydrogen-bond donors (Lipinski definition) is 0. The van der Waals surface area contributed by atoms with Crippen LogP contribution in [0, 0.1) is 5.92 Å². The maximum atomic E-state index is 12.5. The molecule has 1 aliphatic rings. The molecule has 1 fully saturated rings. The molecule has 1 aliphatic heterocycles. The Kier molecular flexibility index (Phi) is 5.73. The first kappa shape index (κ1) is 18.7. The van der Waals surface area contributed by atoms with E-state index in [1.807, 2.05) is 12.1 Å². The summed E-state index contributed by atoms with van der Waals surface area (Å²) in [5.41, 5.74) is 1.57. The lowest BCUT2D eigenvalue weighted by atomic mass is 9.97. The van der Waals surface area contributed by atoms with Gasteiger partial charge in [-0.05, 0) is 30.9 Å². The third-order valence-corrected chi connectivity index (χ3v) is 5.74. The first-order valence-corrected chi connectivity index (χ1v) is 10.0. The monoisotopic (exact) mass is 398 g/mol. The zero-order valence-corrected chi connectivity index (χ0v) is 16.5. The molecule has 146 valence electrons. The van der Waals surface area contributed by atoms with Crippen molar-refractivity contribution in [2.45, 2.75) is 26.0 Å². The zero-order chi connectivity index (χ0) is 19.3. The van der Waals surface area contributed by atoms with Gasteiger partial charge < -0.3 is 9.64 Å². The molecule has 4 rings (SSSR count). The molecule has 0 aliphatic carbocycles. The largest absolute Gasteiger partial charge is 0.377 e. The minimum absolute atomic E-state index is 0.0161. The lowest BCUT2D eigenvalue weighted by molar-refractivity contribution is 0.179. The molecule has 0 amide bonds. The zero-order valence-electron chi connectivity index (χ0n) is 15.7. The average Bonchev–Trinajstić information content (AvgIpc) is 3.20. The third-order valence-electron chi connectivity index (χ3n) is 4.93. The van der Waals surface area contributed by atoms with Crippen molar-refractivity contribution in [1.82, 2.24) is 23.9 Å². The van der Waals surface area contributed by atoms with Crippen LogP contribution in [0.3, 0.4) is 0 Å². The molecule has 3 aromatic heterocycles. The van der Waals surface area contributed by atoms with E-state index in [2.05, 4.69) is 24.2 Å². The van der Waals surface area contributed by atoms with Gasteiger partial charge in [0.25, 0.3) is 5.56 Å². The van der Waals surface area contributed by atoms with Crippen LogP contribution >= 0.6 is 11.5 Å². The molecule has 0 spiro atoms. The van der Waals surface area contributed by atoms with E-state index in [9.17, 15) is 4.79 Å². The molecule has 4 heterocycles. The number of methoxy groups -OCH3 is 1. The normalized spacial score (nSPS) is 15.1. The topological polar surface area (TPSA) is 86.0 Å². The Morgan fingerprint density at radius 3 is 2.75 bits per heavy atom. The first-order valence-electron chi connectivity index (χ1n) is 9.26. The summed E-state index contributed by atoms with van der Waals surface area (Å²) < 4.78 is 11.1. The smallest absolute Gasteiger partial charge is 0.253 e. The number of ether oxygens (including phenoxy) is 1. The Labute approximate surface area is 167 Å². The minimum atomic E-state index is -0.0161. The van der Waals surface area contributed by atoms with Crippen LogP contribution in [0.4, 0.5) is 5.13 Å². The molecular weight excluding hydrogens is 376 g/mol. The van der Waals surface area contributed by atoms with E-state index in [0.717, 1.165) is 42.5 Å². The van der Waals surface area contributed by atoms with Gasteiger partial charge in [0.1, 0.15) is 6.61 Å². The molecule has 0 saturated carbocycles. The molecule has 0 bridgehead atoms. The van der Waals surface area contributed by atoms with Crippen molar-refractivity contribution in [1.29, 1.82) is 0 Å². The summed E-state index contributed by atoms with van der Waals surface area (Å²) in [4.78, 5) is 27.7. The summed E-state index contributed by atoms with van der Waals surface area (Å²) >= 11 is 1.42. The van der Waals surface area contributed by atoms with E-state index in [0.29, 0.717) is 24.8 Å². The molecule has 0 atom stereocenters. The summed E-state index contributed by atoms with van der Waals surface area (Å²) in [6.45, 7) is 2.98. The highest BCUT2D eigenvalue weighted by Gasteiger charge is 2.22. The Hall–Kier alpha value is -2.65. The van der Waals surface area contributed by atoms with Crippen molar-refractivity contribution in [3.05, 3.63) is 53.1 Å². The highest BCUT2D eigenvalue weighted by atomic mass is 32.1. The fraction of sp³-hybridized carbons (Fsp3) is 0.421. The van der Waals surface area contributed by atoms with Gasteiger partial charge in [0.15, 0.2) is 5.82 Å². The van der Waals surface area contributed by atoms with Crippen molar-refractivity contribution in [2.75, 3.05) is 25.1 Å². The van der Waals surface area contributed by atoms with Crippen molar-refractivity contribution in [3.8, 4) is 11.3 Å². The van der Waals surface area contributed by atoms with E-state index in [4.69, 9.17) is 4.74 Å². The van der Waals surface area contributed by atoms with Crippen LogP contribution in [-0.2, 0) is 17.9 Å². The van der Waals surface area contributed by atoms with Gasteiger partial charge in [-0.2, -0.15) is 4.37 Å². The van der Waals surface area contributed by atoms with Gasteiger partial charge in [0.2, 0.25) is 5.13 Å². The summed E-state index contributed by atoms with van der Waals surface area (Å²) in [7, 11) is 1.65. The molecule has 1 saturated heterocycles. The number of aromatic nitrogens is 5. The lowest BCUT2D eigenvalue weighted by Crippen LogP contribution is -2.36. The van der Waals surface area contributed by atoms with Crippen molar-refractivity contribution < 1.29 is 4.74 Å². The molecule has 0 aromatic carbocycles. The van der Waals surface area contributed by atoms with E-state index >= 15 is 0 Å². The van der Waals surface area contributed by atoms with Gasteiger partial charge in [-0.25, -0.2) is 9.97 Å². The van der Waals surface area contributed by atoms with Gasteiger partial charge in [-0.3, -0.25) is 14.3 Å². The predicted molar refractivity (Wildman–Crippen MR) is 107 cm³/mol. The van der Waals surface area contributed by atoms with Crippen LogP contribution < -0.4 is 10.5 Å². The number of piperidine rings is 1. The molecular formula is C19H22N6O2S. The number of rotatable bonds is 6. The fourth-order valence-corrected chi connectivity index (χ4v) is 4.11. The minimum Gasteiger partial charge on any atom is -0.377 e.